The lowest BCUT2D eigenvalue weighted by Crippen LogP contribution is -2.52. The second kappa shape index (κ2) is 13.0. The number of rotatable bonds is 13. The second-order valence-electron chi connectivity index (χ2n) is 5.92. The normalized spacial score (nSPS) is 12.7. The molecule has 0 saturated heterocycles. The van der Waals surface area contributed by atoms with Crippen molar-refractivity contribution in [1.82, 2.24) is 10.6 Å². The van der Waals surface area contributed by atoms with Crippen molar-refractivity contribution in [2.45, 2.75) is 37.8 Å². The number of ether oxygens (including phenoxy) is 1. The Bertz CT molecular complexity index is 600. The summed E-state index contributed by atoms with van der Waals surface area (Å²) in [7, 11) is 0. The van der Waals surface area contributed by atoms with Crippen LogP contribution in [0.3, 0.4) is 0 Å². The molecule has 0 aliphatic carbocycles. The third-order valence-corrected chi connectivity index (χ3v) is 4.00. The number of aliphatic carboxylic acids is 1. The molecule has 1 rings (SSSR count). The van der Waals surface area contributed by atoms with E-state index in [4.69, 9.17) is 10.5 Å². The summed E-state index contributed by atoms with van der Waals surface area (Å²) in [5.74, 6) is -1.27. The fraction of sp³-hybridized carbons (Fsp3) is 0.500. The zero-order valence-electron chi connectivity index (χ0n) is 15.1. The molecule has 0 radical (unpaired) electrons. The predicted molar refractivity (Wildman–Crippen MR) is 105 cm³/mol. The molecule has 9 heteroatoms. The summed E-state index contributed by atoms with van der Waals surface area (Å²) in [6, 6.07) is 6.90. The standard InChI is InChI=1S/C18H27N3O5S/c19-10-5-4-8-15(18(24)25)21-17(23)14(9-11-27)20-16(22)12-26-13-6-2-1-3-7-13/h1-3,6-7,14-15,27H,4-5,8-12,19H2,(H,20,22)(H,21,23)(H,24,25)/t14-,15-/m0/s1. The smallest absolute Gasteiger partial charge is 0.326 e. The van der Waals surface area contributed by atoms with Gasteiger partial charge in [-0.1, -0.05) is 18.2 Å². The van der Waals surface area contributed by atoms with Crippen LogP contribution in [0.2, 0.25) is 0 Å². The molecule has 0 bridgehead atoms. The molecule has 0 fully saturated rings. The third-order valence-electron chi connectivity index (χ3n) is 3.74. The van der Waals surface area contributed by atoms with Crippen LogP contribution >= 0.6 is 12.6 Å². The Balaban J connectivity index is 2.57. The number of thiol groups is 1. The molecule has 1 aromatic rings. The number of benzene rings is 1. The van der Waals surface area contributed by atoms with Crippen molar-refractivity contribution < 1.29 is 24.2 Å². The molecular formula is C18H27N3O5S. The SMILES string of the molecule is NCCCC[C@H](NC(=O)[C@H](CCS)NC(=O)COc1ccccc1)C(=O)O. The van der Waals surface area contributed by atoms with Gasteiger partial charge in [-0.15, -0.1) is 0 Å². The molecule has 0 aliphatic heterocycles. The Morgan fingerprint density at radius 1 is 1.07 bits per heavy atom. The molecule has 0 aliphatic rings. The van der Waals surface area contributed by atoms with E-state index >= 15 is 0 Å². The van der Waals surface area contributed by atoms with Crippen LogP contribution in [0.4, 0.5) is 0 Å². The van der Waals surface area contributed by atoms with E-state index in [1.807, 2.05) is 6.07 Å². The number of carbonyl (C=O) groups is 3. The number of hydrogen-bond acceptors (Lipinski definition) is 6. The van der Waals surface area contributed by atoms with Crippen LogP contribution in [0.1, 0.15) is 25.7 Å². The van der Waals surface area contributed by atoms with Crippen molar-refractivity contribution in [3.63, 3.8) is 0 Å². The van der Waals surface area contributed by atoms with E-state index in [0.717, 1.165) is 0 Å². The zero-order valence-corrected chi connectivity index (χ0v) is 16.0. The highest BCUT2D eigenvalue weighted by atomic mass is 32.1. The Morgan fingerprint density at radius 2 is 1.78 bits per heavy atom. The number of nitrogens with two attached hydrogens (primary N) is 1. The van der Waals surface area contributed by atoms with Gasteiger partial charge in [-0.3, -0.25) is 9.59 Å². The van der Waals surface area contributed by atoms with E-state index in [2.05, 4.69) is 23.3 Å². The summed E-state index contributed by atoms with van der Waals surface area (Å²) in [6.07, 6.45) is 1.80. The highest BCUT2D eigenvalue weighted by Gasteiger charge is 2.25. The van der Waals surface area contributed by atoms with E-state index < -0.39 is 29.9 Å². The Labute approximate surface area is 164 Å². The zero-order chi connectivity index (χ0) is 20.1. The van der Waals surface area contributed by atoms with Gasteiger partial charge in [0.25, 0.3) is 5.91 Å². The maximum atomic E-state index is 12.4. The van der Waals surface area contributed by atoms with Gasteiger partial charge >= 0.3 is 5.97 Å². The first-order chi connectivity index (χ1) is 13.0. The first-order valence-electron chi connectivity index (χ1n) is 8.79. The van der Waals surface area contributed by atoms with Crippen LogP contribution in [-0.2, 0) is 14.4 Å². The van der Waals surface area contributed by atoms with Gasteiger partial charge in [0.05, 0.1) is 0 Å². The molecule has 2 atom stereocenters. The van der Waals surface area contributed by atoms with E-state index in [1.54, 1.807) is 24.3 Å². The Morgan fingerprint density at radius 3 is 2.37 bits per heavy atom. The van der Waals surface area contributed by atoms with Gasteiger partial charge < -0.3 is 26.2 Å². The minimum Gasteiger partial charge on any atom is -0.484 e. The number of carboxylic acids is 1. The molecule has 150 valence electrons. The molecule has 5 N–H and O–H groups in total. The molecule has 0 unspecified atom stereocenters. The van der Waals surface area contributed by atoms with E-state index in [0.29, 0.717) is 30.9 Å². The number of hydrogen-bond donors (Lipinski definition) is 5. The van der Waals surface area contributed by atoms with Gasteiger partial charge in [0.15, 0.2) is 6.61 Å². The molecule has 1 aromatic carbocycles. The van der Waals surface area contributed by atoms with Gasteiger partial charge in [-0.05, 0) is 50.1 Å². The topological polar surface area (TPSA) is 131 Å². The highest BCUT2D eigenvalue weighted by Crippen LogP contribution is 2.08. The largest absolute Gasteiger partial charge is 0.484 e. The summed E-state index contributed by atoms with van der Waals surface area (Å²) < 4.78 is 5.34. The summed E-state index contributed by atoms with van der Waals surface area (Å²) in [4.78, 5) is 35.8. The van der Waals surface area contributed by atoms with Crippen molar-refractivity contribution in [1.29, 1.82) is 0 Å². The lowest BCUT2D eigenvalue weighted by Gasteiger charge is -2.21. The Hall–Kier alpha value is -2.26. The van der Waals surface area contributed by atoms with E-state index in [9.17, 15) is 19.5 Å². The fourth-order valence-electron chi connectivity index (χ4n) is 2.32. The molecule has 0 aromatic heterocycles. The lowest BCUT2D eigenvalue weighted by atomic mass is 10.1. The Kier molecular flexibility index (Phi) is 11.0. The second-order valence-corrected chi connectivity index (χ2v) is 6.37. The van der Waals surface area contributed by atoms with E-state index in [1.165, 1.54) is 0 Å². The van der Waals surface area contributed by atoms with Crippen LogP contribution < -0.4 is 21.1 Å². The fourth-order valence-corrected chi connectivity index (χ4v) is 2.58. The van der Waals surface area contributed by atoms with Crippen molar-refractivity contribution in [3.05, 3.63) is 30.3 Å². The maximum absolute atomic E-state index is 12.4. The molecule has 0 heterocycles. The van der Waals surface area contributed by atoms with Crippen LogP contribution in [0.5, 0.6) is 5.75 Å². The van der Waals surface area contributed by atoms with Crippen LogP contribution in [-0.4, -0.2) is 53.9 Å². The third kappa shape index (κ3) is 9.30. The van der Waals surface area contributed by atoms with Crippen molar-refractivity contribution >= 4 is 30.4 Å². The molecular weight excluding hydrogens is 370 g/mol. The molecule has 0 saturated carbocycles. The number of carbonyl (C=O) groups excluding carboxylic acids is 2. The summed E-state index contributed by atoms with van der Waals surface area (Å²) in [6.45, 7) is 0.208. The van der Waals surface area contributed by atoms with Crippen LogP contribution in [0.15, 0.2) is 30.3 Å². The average molecular weight is 397 g/mol. The molecule has 2 amide bonds. The predicted octanol–water partition coefficient (Wildman–Crippen LogP) is 0.569. The maximum Gasteiger partial charge on any atom is 0.326 e. The first-order valence-corrected chi connectivity index (χ1v) is 9.42. The number of nitrogens with one attached hydrogen (secondary N) is 2. The van der Waals surface area contributed by atoms with Gasteiger partial charge in [-0.2, -0.15) is 12.6 Å². The molecule has 0 spiro atoms. The number of para-hydroxylation sites is 1. The molecule has 8 nitrogen and oxygen atoms in total. The monoisotopic (exact) mass is 397 g/mol. The number of unbranched alkanes of at least 4 members (excludes halogenated alkanes) is 1. The van der Waals surface area contributed by atoms with Crippen LogP contribution in [0.25, 0.3) is 0 Å². The van der Waals surface area contributed by atoms with E-state index in [-0.39, 0.29) is 19.4 Å². The van der Waals surface area contributed by atoms with Crippen molar-refractivity contribution in [3.8, 4) is 5.75 Å². The number of amides is 2. The van der Waals surface area contributed by atoms with Crippen molar-refractivity contribution in [2.75, 3.05) is 18.9 Å². The average Bonchev–Trinajstić information content (AvgIpc) is 2.66. The number of carboxylic acid groups (broad SMARTS) is 1. The van der Waals surface area contributed by atoms with Gasteiger partial charge in [-0.25, -0.2) is 4.79 Å². The van der Waals surface area contributed by atoms with Crippen molar-refractivity contribution in [2.24, 2.45) is 5.73 Å². The summed E-state index contributed by atoms with van der Waals surface area (Å²) in [5, 5.41) is 14.3. The van der Waals surface area contributed by atoms with Crippen LogP contribution in [0, 0.1) is 0 Å². The quantitative estimate of drug-likeness (QED) is 0.244. The summed E-state index contributed by atoms with van der Waals surface area (Å²) >= 11 is 4.09. The first kappa shape index (κ1) is 22.8. The minimum absolute atomic E-state index is 0.251. The lowest BCUT2D eigenvalue weighted by molar-refractivity contribution is -0.142. The van der Waals surface area contributed by atoms with Gasteiger partial charge in [0, 0.05) is 0 Å². The summed E-state index contributed by atoms with van der Waals surface area (Å²) in [5.41, 5.74) is 5.40. The highest BCUT2D eigenvalue weighted by molar-refractivity contribution is 7.80. The molecule has 27 heavy (non-hydrogen) atoms. The van der Waals surface area contributed by atoms with Gasteiger partial charge in [0.1, 0.15) is 17.8 Å². The van der Waals surface area contributed by atoms with Gasteiger partial charge in [0.2, 0.25) is 5.91 Å². The minimum atomic E-state index is -1.12.